The molecule has 0 amide bonds. The Bertz CT molecular complexity index is 911. The van der Waals surface area contributed by atoms with Crippen LogP contribution in [0.1, 0.15) is 33.1 Å². The smallest absolute Gasteiger partial charge is 0.357 e. The third-order valence-electron chi connectivity index (χ3n) is 3.99. The number of hydrogen-bond acceptors (Lipinski definition) is 2. The third kappa shape index (κ3) is 1.63. The molecular formula is C16H9F3N2O. The molecule has 1 aliphatic carbocycles. The van der Waals surface area contributed by atoms with Crippen molar-refractivity contribution in [3.8, 4) is 0 Å². The minimum Gasteiger partial charge on any atom is -0.357 e. The van der Waals surface area contributed by atoms with E-state index in [1.807, 2.05) is 0 Å². The number of ketones is 1. The van der Waals surface area contributed by atoms with Gasteiger partial charge in [0.05, 0.1) is 5.56 Å². The molecule has 1 unspecified atom stereocenters. The number of aromatic nitrogens is 2. The molecule has 4 rings (SSSR count). The zero-order chi connectivity index (χ0) is 15.5. The first-order valence-electron chi connectivity index (χ1n) is 6.64. The number of halogens is 3. The summed E-state index contributed by atoms with van der Waals surface area (Å²) in [6.07, 6.45) is -2.01. The number of nitrogens with zero attached hydrogens (tertiary/aromatic N) is 1. The lowest BCUT2D eigenvalue weighted by molar-refractivity contribution is -0.142. The van der Waals surface area contributed by atoms with E-state index in [9.17, 15) is 18.0 Å². The van der Waals surface area contributed by atoms with E-state index in [1.165, 1.54) is 18.5 Å². The molecule has 110 valence electrons. The highest BCUT2D eigenvalue weighted by Crippen LogP contribution is 2.47. The Hall–Kier alpha value is -2.63. The van der Waals surface area contributed by atoms with E-state index in [4.69, 9.17) is 0 Å². The number of rotatable bonds is 0. The lowest BCUT2D eigenvalue weighted by Crippen LogP contribution is -2.29. The average Bonchev–Trinajstić information content (AvgIpc) is 2.85. The second-order valence-electron chi connectivity index (χ2n) is 5.23. The maximum atomic E-state index is 13.6. The van der Waals surface area contributed by atoms with Gasteiger partial charge in [0.1, 0.15) is 5.92 Å². The highest BCUT2D eigenvalue weighted by Gasteiger charge is 2.49. The highest BCUT2D eigenvalue weighted by molar-refractivity contribution is 6.19. The van der Waals surface area contributed by atoms with Crippen molar-refractivity contribution in [1.82, 2.24) is 9.97 Å². The molecule has 0 bridgehead atoms. The van der Waals surface area contributed by atoms with E-state index in [1.54, 1.807) is 24.3 Å². The summed E-state index contributed by atoms with van der Waals surface area (Å²) in [5, 5.41) is 0.506. The number of benzene rings is 1. The Balaban J connectivity index is 2.12. The van der Waals surface area contributed by atoms with Gasteiger partial charge in [0, 0.05) is 34.6 Å². The van der Waals surface area contributed by atoms with Crippen LogP contribution >= 0.6 is 0 Å². The molecule has 22 heavy (non-hydrogen) atoms. The van der Waals surface area contributed by atoms with Crippen LogP contribution in [0.4, 0.5) is 13.2 Å². The molecule has 2 heterocycles. The molecule has 1 atom stereocenters. The molecule has 1 N–H and O–H groups in total. The Morgan fingerprint density at radius 1 is 1.14 bits per heavy atom. The second kappa shape index (κ2) is 4.19. The van der Waals surface area contributed by atoms with Crippen molar-refractivity contribution in [3.63, 3.8) is 0 Å². The lowest BCUT2D eigenvalue weighted by atomic mass is 9.81. The first-order chi connectivity index (χ1) is 10.5. The zero-order valence-electron chi connectivity index (χ0n) is 11.1. The molecule has 1 aliphatic rings. The summed E-state index contributed by atoms with van der Waals surface area (Å²) in [5.74, 6) is -2.26. The summed E-state index contributed by atoms with van der Waals surface area (Å²) in [6, 6.07) is 7.99. The van der Waals surface area contributed by atoms with Crippen LogP contribution in [0, 0.1) is 0 Å². The number of pyridine rings is 1. The molecule has 6 heteroatoms. The SMILES string of the molecule is O=C1c2cnccc2C(C(F)(F)F)c2[nH]c3ccccc3c21. The van der Waals surface area contributed by atoms with E-state index < -0.39 is 17.9 Å². The number of carbonyl (C=O) groups is 1. The van der Waals surface area contributed by atoms with Gasteiger partial charge in [-0.25, -0.2) is 0 Å². The Kier molecular flexibility index (Phi) is 2.49. The first-order valence-corrected chi connectivity index (χ1v) is 6.64. The van der Waals surface area contributed by atoms with Crippen LogP contribution < -0.4 is 0 Å². The van der Waals surface area contributed by atoms with E-state index in [2.05, 4.69) is 9.97 Å². The third-order valence-corrected chi connectivity index (χ3v) is 3.99. The molecule has 1 aromatic carbocycles. The van der Waals surface area contributed by atoms with Crippen molar-refractivity contribution in [2.75, 3.05) is 0 Å². The van der Waals surface area contributed by atoms with Gasteiger partial charge in [0.25, 0.3) is 0 Å². The molecule has 3 aromatic rings. The average molecular weight is 302 g/mol. The summed E-state index contributed by atoms with van der Waals surface area (Å²) in [6.45, 7) is 0. The maximum Gasteiger partial charge on any atom is 0.401 e. The molecule has 0 radical (unpaired) electrons. The van der Waals surface area contributed by atoms with Gasteiger partial charge in [-0.1, -0.05) is 18.2 Å². The number of H-pyrrole nitrogens is 1. The Morgan fingerprint density at radius 3 is 2.68 bits per heavy atom. The largest absolute Gasteiger partial charge is 0.401 e. The Labute approximate surface area is 122 Å². The van der Waals surface area contributed by atoms with Crippen molar-refractivity contribution < 1.29 is 18.0 Å². The Morgan fingerprint density at radius 2 is 1.91 bits per heavy atom. The van der Waals surface area contributed by atoms with Crippen LogP contribution in [0.3, 0.4) is 0 Å². The molecule has 0 spiro atoms. The minimum atomic E-state index is -4.49. The van der Waals surface area contributed by atoms with Crippen LogP contribution in [-0.2, 0) is 0 Å². The standard InChI is InChI=1S/C16H9F3N2O/c17-16(18,19)13-8-5-6-20-7-10(8)15(22)12-9-3-1-2-4-11(9)21-14(12)13/h1-7,13,21H. The van der Waals surface area contributed by atoms with Crippen LogP contribution in [0.15, 0.2) is 42.7 Å². The van der Waals surface area contributed by atoms with Crippen LogP contribution in [0.5, 0.6) is 0 Å². The zero-order valence-corrected chi connectivity index (χ0v) is 11.1. The van der Waals surface area contributed by atoms with Gasteiger partial charge in [0.2, 0.25) is 0 Å². The quantitative estimate of drug-likeness (QED) is 0.686. The number of nitrogens with one attached hydrogen (secondary N) is 1. The first kappa shape index (κ1) is 13.1. The fourth-order valence-electron chi connectivity index (χ4n) is 3.10. The van der Waals surface area contributed by atoms with Crippen molar-refractivity contribution >= 4 is 16.7 Å². The van der Waals surface area contributed by atoms with Crippen molar-refractivity contribution in [1.29, 1.82) is 0 Å². The lowest BCUT2D eigenvalue weighted by Gasteiger charge is -2.26. The predicted octanol–water partition coefficient (Wildman–Crippen LogP) is 3.80. The summed E-state index contributed by atoms with van der Waals surface area (Å²) >= 11 is 0. The van der Waals surface area contributed by atoms with E-state index >= 15 is 0 Å². The molecule has 0 aliphatic heterocycles. The predicted molar refractivity (Wildman–Crippen MR) is 73.9 cm³/mol. The summed E-state index contributed by atoms with van der Waals surface area (Å²) in [7, 11) is 0. The van der Waals surface area contributed by atoms with Crippen molar-refractivity contribution in [3.05, 3.63) is 65.1 Å². The molecule has 2 aromatic heterocycles. The van der Waals surface area contributed by atoms with Crippen LogP contribution in [0.2, 0.25) is 0 Å². The summed E-state index contributed by atoms with van der Waals surface area (Å²) in [5.41, 5.74) is 0.500. The fraction of sp³-hybridized carbons (Fsp3) is 0.125. The number of carbonyl (C=O) groups excluding carboxylic acids is 1. The van der Waals surface area contributed by atoms with Gasteiger partial charge < -0.3 is 4.98 Å². The molecular weight excluding hydrogens is 293 g/mol. The number of hydrogen-bond donors (Lipinski definition) is 1. The van der Waals surface area contributed by atoms with Gasteiger partial charge in [-0.3, -0.25) is 9.78 Å². The van der Waals surface area contributed by atoms with Gasteiger partial charge in [0.15, 0.2) is 5.78 Å². The molecule has 0 saturated heterocycles. The normalized spacial score (nSPS) is 17.4. The molecule has 0 saturated carbocycles. The number of fused-ring (bicyclic) bond motifs is 4. The highest BCUT2D eigenvalue weighted by atomic mass is 19.4. The van der Waals surface area contributed by atoms with Gasteiger partial charge in [-0.05, 0) is 17.7 Å². The van der Waals surface area contributed by atoms with Crippen molar-refractivity contribution in [2.24, 2.45) is 0 Å². The van der Waals surface area contributed by atoms with Crippen molar-refractivity contribution in [2.45, 2.75) is 12.1 Å². The maximum absolute atomic E-state index is 13.6. The monoisotopic (exact) mass is 302 g/mol. The fourth-order valence-corrected chi connectivity index (χ4v) is 3.10. The topological polar surface area (TPSA) is 45.8 Å². The van der Waals surface area contributed by atoms with Gasteiger partial charge in [-0.2, -0.15) is 13.2 Å². The molecule has 0 fully saturated rings. The number of aromatic amines is 1. The van der Waals surface area contributed by atoms with Gasteiger partial charge >= 0.3 is 6.18 Å². The van der Waals surface area contributed by atoms with E-state index in [-0.39, 0.29) is 22.4 Å². The second-order valence-corrected chi connectivity index (χ2v) is 5.23. The van der Waals surface area contributed by atoms with Crippen LogP contribution in [-0.4, -0.2) is 21.9 Å². The van der Waals surface area contributed by atoms with Crippen LogP contribution in [0.25, 0.3) is 10.9 Å². The minimum absolute atomic E-state index is 0.0158. The number of alkyl halides is 3. The molecule has 3 nitrogen and oxygen atoms in total. The van der Waals surface area contributed by atoms with E-state index in [0.717, 1.165) is 0 Å². The summed E-state index contributed by atoms with van der Waals surface area (Å²) < 4.78 is 40.8. The van der Waals surface area contributed by atoms with E-state index in [0.29, 0.717) is 10.9 Å². The van der Waals surface area contributed by atoms with Gasteiger partial charge in [-0.15, -0.1) is 0 Å². The summed E-state index contributed by atoms with van der Waals surface area (Å²) in [4.78, 5) is 19.2. The number of para-hydroxylation sites is 1.